The predicted molar refractivity (Wildman–Crippen MR) is 98.2 cm³/mol. The molecule has 0 saturated carbocycles. The van der Waals surface area contributed by atoms with Crippen molar-refractivity contribution in [2.75, 3.05) is 5.75 Å². The third-order valence-corrected chi connectivity index (χ3v) is 5.47. The molecule has 1 amide bonds. The van der Waals surface area contributed by atoms with Gasteiger partial charge < -0.3 is 4.57 Å². The van der Waals surface area contributed by atoms with Crippen LogP contribution in [-0.4, -0.2) is 16.2 Å². The van der Waals surface area contributed by atoms with Crippen LogP contribution in [0.5, 0.6) is 0 Å². The number of amides is 1. The molecular formula is C18H18N2OS2. The van der Waals surface area contributed by atoms with Crippen LogP contribution in [0.15, 0.2) is 58.4 Å². The Morgan fingerprint density at radius 1 is 1.13 bits per heavy atom. The van der Waals surface area contributed by atoms with E-state index in [-0.39, 0.29) is 5.91 Å². The van der Waals surface area contributed by atoms with Crippen LogP contribution < -0.4 is 4.80 Å². The van der Waals surface area contributed by atoms with Crippen molar-refractivity contribution < 1.29 is 4.79 Å². The Morgan fingerprint density at radius 2 is 1.87 bits per heavy atom. The van der Waals surface area contributed by atoms with Crippen LogP contribution in [0.3, 0.4) is 0 Å². The van der Waals surface area contributed by atoms with Gasteiger partial charge in [0.2, 0.25) is 0 Å². The molecule has 5 heteroatoms. The van der Waals surface area contributed by atoms with Crippen LogP contribution in [0.2, 0.25) is 0 Å². The molecular weight excluding hydrogens is 324 g/mol. The molecule has 2 aromatic carbocycles. The molecule has 0 fully saturated rings. The van der Waals surface area contributed by atoms with Crippen molar-refractivity contribution in [3.05, 3.63) is 58.9 Å². The summed E-state index contributed by atoms with van der Waals surface area (Å²) >= 11 is 3.32. The fourth-order valence-electron chi connectivity index (χ4n) is 2.42. The third-order valence-electron chi connectivity index (χ3n) is 3.51. The van der Waals surface area contributed by atoms with Crippen molar-refractivity contribution in [1.82, 2.24) is 4.57 Å². The molecule has 0 radical (unpaired) electrons. The average molecular weight is 342 g/mol. The summed E-state index contributed by atoms with van der Waals surface area (Å²) in [5, 5.41) is 0. The third kappa shape index (κ3) is 3.41. The summed E-state index contributed by atoms with van der Waals surface area (Å²) in [7, 11) is 0. The van der Waals surface area contributed by atoms with Crippen LogP contribution in [0.4, 0.5) is 0 Å². The maximum Gasteiger partial charge on any atom is 0.279 e. The summed E-state index contributed by atoms with van der Waals surface area (Å²) in [5.74, 6) is 0.836. The number of rotatable bonds is 4. The van der Waals surface area contributed by atoms with Gasteiger partial charge in [-0.3, -0.25) is 4.79 Å². The second-order valence-electron chi connectivity index (χ2n) is 4.97. The molecule has 0 aliphatic carbocycles. The zero-order valence-corrected chi connectivity index (χ0v) is 14.8. The van der Waals surface area contributed by atoms with Crippen LogP contribution in [-0.2, 0) is 6.54 Å². The first-order chi connectivity index (χ1) is 11.2. The van der Waals surface area contributed by atoms with Gasteiger partial charge in [-0.1, -0.05) is 30.4 Å². The van der Waals surface area contributed by atoms with E-state index in [9.17, 15) is 4.79 Å². The van der Waals surface area contributed by atoms with Crippen LogP contribution >= 0.6 is 23.1 Å². The number of fused-ring (bicyclic) bond motifs is 1. The number of hydrogen-bond acceptors (Lipinski definition) is 3. The standard InChI is InChI=1S/C18H18N2OS2/c1-3-20-15-7-5-6-8-16(15)23-18(20)19-17(21)13-9-11-14(12-10-13)22-4-2/h5-12H,3-4H2,1-2H3. The minimum absolute atomic E-state index is 0.188. The van der Waals surface area contributed by atoms with Gasteiger partial charge in [-0.2, -0.15) is 4.99 Å². The van der Waals surface area contributed by atoms with E-state index in [1.54, 1.807) is 23.1 Å². The summed E-state index contributed by atoms with van der Waals surface area (Å²) in [6.07, 6.45) is 0. The van der Waals surface area contributed by atoms with Crippen LogP contribution in [0.25, 0.3) is 10.2 Å². The molecule has 0 N–H and O–H groups in total. The molecule has 23 heavy (non-hydrogen) atoms. The fourth-order valence-corrected chi connectivity index (χ4v) is 4.18. The van der Waals surface area contributed by atoms with Crippen molar-refractivity contribution in [2.45, 2.75) is 25.3 Å². The van der Waals surface area contributed by atoms with E-state index < -0.39 is 0 Å². The van der Waals surface area contributed by atoms with Gasteiger partial charge in [-0.25, -0.2) is 0 Å². The van der Waals surface area contributed by atoms with Crippen molar-refractivity contribution in [3.63, 3.8) is 0 Å². The van der Waals surface area contributed by atoms with Gasteiger partial charge in [0.1, 0.15) is 0 Å². The SMILES string of the molecule is CCSc1ccc(C(=O)N=c2sc3ccccc3n2CC)cc1. The number of thiazole rings is 1. The normalized spacial score (nSPS) is 12.0. The molecule has 0 bridgehead atoms. The molecule has 0 atom stereocenters. The molecule has 0 spiro atoms. The first-order valence-corrected chi connectivity index (χ1v) is 9.43. The highest BCUT2D eigenvalue weighted by molar-refractivity contribution is 7.99. The Balaban J connectivity index is 1.99. The molecule has 118 valence electrons. The number of benzene rings is 2. The van der Waals surface area contributed by atoms with Gasteiger partial charge in [0.25, 0.3) is 5.91 Å². The van der Waals surface area contributed by atoms with Crippen molar-refractivity contribution in [1.29, 1.82) is 0 Å². The Labute approximate surface area is 143 Å². The Hall–Kier alpha value is -1.85. The highest BCUT2D eigenvalue weighted by Crippen LogP contribution is 2.19. The van der Waals surface area contributed by atoms with Crippen LogP contribution in [0.1, 0.15) is 24.2 Å². The molecule has 0 unspecified atom stereocenters. The second-order valence-corrected chi connectivity index (χ2v) is 7.32. The van der Waals surface area contributed by atoms with E-state index >= 15 is 0 Å². The summed E-state index contributed by atoms with van der Waals surface area (Å²) in [6.45, 7) is 4.98. The minimum atomic E-state index is -0.188. The van der Waals surface area contributed by atoms with Crippen molar-refractivity contribution in [2.24, 2.45) is 4.99 Å². The topological polar surface area (TPSA) is 34.4 Å². The number of thioether (sulfide) groups is 1. The lowest BCUT2D eigenvalue weighted by Crippen LogP contribution is -2.15. The Morgan fingerprint density at radius 3 is 2.57 bits per heavy atom. The van der Waals surface area contributed by atoms with Crippen molar-refractivity contribution in [3.8, 4) is 0 Å². The highest BCUT2D eigenvalue weighted by Gasteiger charge is 2.08. The number of hydrogen-bond donors (Lipinski definition) is 0. The Bertz CT molecular complexity index is 891. The summed E-state index contributed by atoms with van der Waals surface area (Å²) in [6, 6.07) is 15.8. The lowest BCUT2D eigenvalue weighted by molar-refractivity contribution is 0.0998. The van der Waals surface area contributed by atoms with E-state index in [4.69, 9.17) is 0 Å². The van der Waals surface area contributed by atoms with Gasteiger partial charge >= 0.3 is 0 Å². The first kappa shape index (κ1) is 16.0. The summed E-state index contributed by atoms with van der Waals surface area (Å²) < 4.78 is 3.23. The zero-order valence-electron chi connectivity index (χ0n) is 13.2. The molecule has 0 aliphatic heterocycles. The number of aromatic nitrogens is 1. The number of aryl methyl sites for hydroxylation is 1. The molecule has 0 aliphatic rings. The van der Waals surface area contributed by atoms with E-state index in [0.717, 1.165) is 27.3 Å². The maximum absolute atomic E-state index is 12.4. The maximum atomic E-state index is 12.4. The fraction of sp³-hybridized carbons (Fsp3) is 0.222. The van der Waals surface area contributed by atoms with Gasteiger partial charge in [0.15, 0.2) is 4.80 Å². The van der Waals surface area contributed by atoms with Crippen molar-refractivity contribution >= 4 is 39.2 Å². The van der Waals surface area contributed by atoms with Gasteiger partial charge in [0.05, 0.1) is 10.2 Å². The second kappa shape index (κ2) is 7.15. The predicted octanol–water partition coefficient (Wildman–Crippen LogP) is 4.58. The summed E-state index contributed by atoms with van der Waals surface area (Å²) in [4.78, 5) is 18.7. The molecule has 3 nitrogen and oxygen atoms in total. The quantitative estimate of drug-likeness (QED) is 0.651. The van der Waals surface area contributed by atoms with Crippen LogP contribution in [0, 0.1) is 0 Å². The first-order valence-electron chi connectivity index (χ1n) is 7.63. The molecule has 0 saturated heterocycles. The minimum Gasteiger partial charge on any atom is -0.317 e. The lowest BCUT2D eigenvalue weighted by Gasteiger charge is -2.01. The summed E-state index contributed by atoms with van der Waals surface area (Å²) in [5.41, 5.74) is 1.76. The van der Waals surface area contributed by atoms with E-state index in [0.29, 0.717) is 5.56 Å². The largest absolute Gasteiger partial charge is 0.317 e. The zero-order chi connectivity index (χ0) is 16.2. The molecule has 1 heterocycles. The number of nitrogens with zero attached hydrogens (tertiary/aromatic N) is 2. The monoisotopic (exact) mass is 342 g/mol. The van der Waals surface area contributed by atoms with E-state index in [1.807, 2.05) is 36.4 Å². The van der Waals surface area contributed by atoms with Gasteiger partial charge in [-0.05, 0) is 49.1 Å². The number of para-hydroxylation sites is 1. The molecule has 1 aromatic heterocycles. The van der Waals surface area contributed by atoms with E-state index in [1.165, 1.54) is 4.90 Å². The van der Waals surface area contributed by atoms with Gasteiger partial charge in [-0.15, -0.1) is 11.8 Å². The van der Waals surface area contributed by atoms with Gasteiger partial charge in [0, 0.05) is 17.0 Å². The number of carbonyl (C=O) groups excluding carboxylic acids is 1. The molecule has 3 aromatic rings. The lowest BCUT2D eigenvalue weighted by atomic mass is 10.2. The average Bonchev–Trinajstić information content (AvgIpc) is 2.92. The highest BCUT2D eigenvalue weighted by atomic mass is 32.2. The molecule has 3 rings (SSSR count). The van der Waals surface area contributed by atoms with E-state index in [2.05, 4.69) is 35.5 Å². The number of carbonyl (C=O) groups is 1. The Kier molecular flexibility index (Phi) is 4.98. The smallest absolute Gasteiger partial charge is 0.279 e.